The van der Waals surface area contributed by atoms with Crippen LogP contribution in [0.25, 0.3) is 0 Å². The molecule has 3 nitrogen and oxygen atoms in total. The van der Waals surface area contributed by atoms with Crippen LogP contribution in [0.1, 0.15) is 29.3 Å². The molecule has 0 aliphatic carbocycles. The van der Waals surface area contributed by atoms with E-state index in [1.165, 1.54) is 13.0 Å². The van der Waals surface area contributed by atoms with Crippen molar-refractivity contribution in [2.24, 2.45) is 0 Å². The summed E-state index contributed by atoms with van der Waals surface area (Å²) in [5, 5.41) is 10.9. The zero-order valence-electron chi connectivity index (χ0n) is 9.55. The van der Waals surface area contributed by atoms with Crippen LogP contribution in [-0.2, 0) is 0 Å². The largest absolute Gasteiger partial charge is 0.336 e. The van der Waals surface area contributed by atoms with Crippen molar-refractivity contribution in [3.05, 3.63) is 34.9 Å². The third kappa shape index (κ3) is 2.78. The van der Waals surface area contributed by atoms with Gasteiger partial charge in [-0.15, -0.1) is 0 Å². The maximum Gasteiger partial charge on any atom is 0.258 e. The second-order valence-electron chi connectivity index (χ2n) is 3.62. The first-order valence-corrected chi connectivity index (χ1v) is 5.16. The molecule has 1 amide bonds. The van der Waals surface area contributed by atoms with E-state index in [1.807, 2.05) is 6.07 Å². The first-order valence-electron chi connectivity index (χ1n) is 5.16. The molecule has 5 heteroatoms. The molecule has 0 aromatic heterocycles. The summed E-state index contributed by atoms with van der Waals surface area (Å²) >= 11 is 0. The van der Waals surface area contributed by atoms with Crippen molar-refractivity contribution >= 4 is 5.91 Å². The van der Waals surface area contributed by atoms with Gasteiger partial charge in [-0.1, -0.05) is 13.0 Å². The molecule has 0 radical (unpaired) electrons. The van der Waals surface area contributed by atoms with Gasteiger partial charge in [-0.2, -0.15) is 5.26 Å². The summed E-state index contributed by atoms with van der Waals surface area (Å²) in [5.74, 6) is -2.73. The molecule has 0 aliphatic heterocycles. The van der Waals surface area contributed by atoms with Crippen molar-refractivity contribution in [3.63, 3.8) is 0 Å². The van der Waals surface area contributed by atoms with E-state index in [9.17, 15) is 13.6 Å². The number of carbonyl (C=O) groups is 1. The fourth-order valence-electron chi connectivity index (χ4n) is 1.32. The Hall–Kier alpha value is -1.96. The third-order valence-electron chi connectivity index (χ3n) is 2.38. The molecule has 0 spiro atoms. The number of halogens is 2. The van der Waals surface area contributed by atoms with Crippen LogP contribution in [0.3, 0.4) is 0 Å². The molecule has 1 atom stereocenters. The molecule has 17 heavy (non-hydrogen) atoms. The summed E-state index contributed by atoms with van der Waals surface area (Å²) in [6.45, 7) is 3.13. The van der Waals surface area contributed by atoms with Gasteiger partial charge in [-0.05, 0) is 25.0 Å². The van der Waals surface area contributed by atoms with E-state index in [2.05, 4.69) is 5.32 Å². The minimum atomic E-state index is -0.932. The van der Waals surface area contributed by atoms with E-state index in [0.29, 0.717) is 6.42 Å². The monoisotopic (exact) mass is 238 g/mol. The van der Waals surface area contributed by atoms with Crippen molar-refractivity contribution in [3.8, 4) is 6.07 Å². The van der Waals surface area contributed by atoms with Gasteiger partial charge in [0.05, 0.1) is 6.07 Å². The number of carbonyl (C=O) groups excluding carboxylic acids is 1. The number of aryl methyl sites for hydroxylation is 1. The number of hydrogen-bond donors (Lipinski definition) is 1. The van der Waals surface area contributed by atoms with Gasteiger partial charge >= 0.3 is 0 Å². The molecule has 0 heterocycles. The molecule has 90 valence electrons. The van der Waals surface area contributed by atoms with Crippen LogP contribution in [0.4, 0.5) is 8.78 Å². The van der Waals surface area contributed by atoms with Gasteiger partial charge in [0.1, 0.15) is 23.2 Å². The smallest absolute Gasteiger partial charge is 0.258 e. The maximum atomic E-state index is 13.6. The molecule has 0 aliphatic rings. The van der Waals surface area contributed by atoms with Gasteiger partial charge in [0.25, 0.3) is 5.91 Å². The molecule has 0 saturated carbocycles. The third-order valence-corrected chi connectivity index (χ3v) is 2.38. The number of nitriles is 1. The Morgan fingerprint density at radius 3 is 2.71 bits per heavy atom. The lowest BCUT2D eigenvalue weighted by Gasteiger charge is -2.11. The molecule has 1 rings (SSSR count). The van der Waals surface area contributed by atoms with Crippen molar-refractivity contribution in [2.75, 3.05) is 0 Å². The zero-order valence-corrected chi connectivity index (χ0v) is 9.55. The SMILES string of the molecule is CCC(C#N)NC(=O)c1c(F)ccc(C)c1F. The zero-order chi connectivity index (χ0) is 13.0. The highest BCUT2D eigenvalue weighted by Crippen LogP contribution is 2.16. The molecule has 0 fully saturated rings. The second kappa shape index (κ2) is 5.39. The quantitative estimate of drug-likeness (QED) is 0.878. The minimum Gasteiger partial charge on any atom is -0.336 e. The first-order chi connectivity index (χ1) is 8.01. The first kappa shape index (κ1) is 13.1. The van der Waals surface area contributed by atoms with Crippen molar-refractivity contribution < 1.29 is 13.6 Å². The van der Waals surface area contributed by atoms with Crippen molar-refractivity contribution in [1.29, 1.82) is 5.26 Å². The predicted molar refractivity (Wildman–Crippen MR) is 58.3 cm³/mol. The van der Waals surface area contributed by atoms with Gasteiger partial charge in [-0.25, -0.2) is 8.78 Å². The predicted octanol–water partition coefficient (Wildman–Crippen LogP) is 2.31. The van der Waals surface area contributed by atoms with Crippen molar-refractivity contribution in [1.82, 2.24) is 5.32 Å². The van der Waals surface area contributed by atoms with Crippen LogP contribution in [0.2, 0.25) is 0 Å². The molecule has 0 bridgehead atoms. The van der Waals surface area contributed by atoms with Gasteiger partial charge in [0.15, 0.2) is 0 Å². The maximum absolute atomic E-state index is 13.6. The molecule has 1 unspecified atom stereocenters. The van der Waals surface area contributed by atoms with E-state index >= 15 is 0 Å². The Bertz CT molecular complexity index is 480. The Kier molecular flexibility index (Phi) is 4.16. The number of nitrogens with zero attached hydrogens (tertiary/aromatic N) is 1. The summed E-state index contributed by atoms with van der Waals surface area (Å²) in [5.41, 5.74) is -0.458. The summed E-state index contributed by atoms with van der Waals surface area (Å²) < 4.78 is 26.9. The standard InChI is InChI=1S/C12H12F2N2O/c1-3-8(6-15)16-12(17)10-9(13)5-4-7(2)11(10)14/h4-5,8H,3H2,1-2H3,(H,16,17). The van der Waals surface area contributed by atoms with Crippen LogP contribution < -0.4 is 5.32 Å². The van der Waals surface area contributed by atoms with Gasteiger partial charge in [0.2, 0.25) is 0 Å². The number of hydrogen-bond acceptors (Lipinski definition) is 2. The van der Waals surface area contributed by atoms with Crippen LogP contribution in [0, 0.1) is 29.9 Å². The lowest BCUT2D eigenvalue weighted by atomic mass is 10.1. The van der Waals surface area contributed by atoms with Crippen LogP contribution in [-0.4, -0.2) is 11.9 Å². The highest BCUT2D eigenvalue weighted by atomic mass is 19.1. The summed E-state index contributed by atoms with van der Waals surface area (Å²) in [7, 11) is 0. The molecule has 1 aromatic rings. The highest BCUT2D eigenvalue weighted by Gasteiger charge is 2.20. The van der Waals surface area contributed by atoms with E-state index in [-0.39, 0.29) is 5.56 Å². The van der Waals surface area contributed by atoms with E-state index in [1.54, 1.807) is 6.92 Å². The Morgan fingerprint density at radius 1 is 1.53 bits per heavy atom. The molecular formula is C12H12F2N2O. The number of rotatable bonds is 3. The number of benzene rings is 1. The normalized spacial score (nSPS) is 11.7. The van der Waals surface area contributed by atoms with E-state index in [4.69, 9.17) is 5.26 Å². The fourth-order valence-corrected chi connectivity index (χ4v) is 1.32. The molecule has 1 aromatic carbocycles. The van der Waals surface area contributed by atoms with E-state index in [0.717, 1.165) is 6.07 Å². The Balaban J connectivity index is 3.05. The lowest BCUT2D eigenvalue weighted by Crippen LogP contribution is -2.34. The second-order valence-corrected chi connectivity index (χ2v) is 3.62. The van der Waals surface area contributed by atoms with E-state index < -0.39 is 29.1 Å². The van der Waals surface area contributed by atoms with Crippen molar-refractivity contribution in [2.45, 2.75) is 26.3 Å². The Morgan fingerprint density at radius 2 is 2.18 bits per heavy atom. The Labute approximate surface area is 98.1 Å². The van der Waals surface area contributed by atoms with Gasteiger partial charge < -0.3 is 5.32 Å². The lowest BCUT2D eigenvalue weighted by molar-refractivity contribution is 0.0936. The molecule has 1 N–H and O–H groups in total. The minimum absolute atomic E-state index is 0.182. The molecular weight excluding hydrogens is 226 g/mol. The highest BCUT2D eigenvalue weighted by molar-refractivity contribution is 5.95. The number of amides is 1. The average molecular weight is 238 g/mol. The summed E-state index contributed by atoms with van der Waals surface area (Å²) in [6, 6.07) is 3.36. The van der Waals surface area contributed by atoms with Gasteiger partial charge in [-0.3, -0.25) is 4.79 Å². The van der Waals surface area contributed by atoms with Crippen LogP contribution in [0.5, 0.6) is 0 Å². The van der Waals surface area contributed by atoms with Crippen LogP contribution >= 0.6 is 0 Å². The number of nitrogens with one attached hydrogen (secondary N) is 1. The van der Waals surface area contributed by atoms with Crippen LogP contribution in [0.15, 0.2) is 12.1 Å². The topological polar surface area (TPSA) is 52.9 Å². The average Bonchev–Trinajstić information content (AvgIpc) is 2.31. The molecule has 0 saturated heterocycles. The fraction of sp³-hybridized carbons (Fsp3) is 0.333. The summed E-state index contributed by atoms with van der Waals surface area (Å²) in [6.07, 6.45) is 0.372. The summed E-state index contributed by atoms with van der Waals surface area (Å²) in [4.78, 5) is 11.6. The van der Waals surface area contributed by atoms with Gasteiger partial charge in [0, 0.05) is 0 Å².